The number of nitrogens with zero attached hydrogens (tertiary/aromatic N) is 2. The van der Waals surface area contributed by atoms with Crippen molar-refractivity contribution in [1.29, 1.82) is 0 Å². The van der Waals surface area contributed by atoms with Gasteiger partial charge in [-0.1, -0.05) is 0 Å². The number of carbonyl (C=O) groups excluding carboxylic acids is 2. The first-order valence-corrected chi connectivity index (χ1v) is 6.16. The summed E-state index contributed by atoms with van der Waals surface area (Å²) in [6, 6.07) is 0. The molecule has 2 fully saturated rings. The molecular weight excluding hydrogens is 220 g/mol. The van der Waals surface area contributed by atoms with Crippen LogP contribution in [0.3, 0.4) is 0 Å². The number of hydrogen-bond donors (Lipinski definition) is 2. The van der Waals surface area contributed by atoms with Crippen molar-refractivity contribution in [3.05, 3.63) is 0 Å². The van der Waals surface area contributed by atoms with E-state index in [9.17, 15) is 9.59 Å². The number of hydrogen-bond acceptors (Lipinski definition) is 4. The third kappa shape index (κ3) is 3.41. The van der Waals surface area contributed by atoms with Gasteiger partial charge in [0.05, 0.1) is 5.92 Å². The van der Waals surface area contributed by atoms with Crippen molar-refractivity contribution in [1.82, 2.24) is 20.7 Å². The zero-order chi connectivity index (χ0) is 12.3. The van der Waals surface area contributed by atoms with Crippen molar-refractivity contribution in [2.75, 3.05) is 39.8 Å². The lowest BCUT2D eigenvalue weighted by atomic mass is 9.99. The minimum Gasteiger partial charge on any atom is -0.355 e. The summed E-state index contributed by atoms with van der Waals surface area (Å²) in [5, 5.41) is 4.70. The molecule has 2 amide bonds. The molecular formula is C11H20N4O2. The highest BCUT2D eigenvalue weighted by Gasteiger charge is 2.26. The highest BCUT2D eigenvalue weighted by atomic mass is 16.2. The van der Waals surface area contributed by atoms with E-state index in [2.05, 4.69) is 22.7 Å². The molecule has 1 atom stereocenters. The van der Waals surface area contributed by atoms with Crippen LogP contribution >= 0.6 is 0 Å². The van der Waals surface area contributed by atoms with E-state index in [1.54, 1.807) is 0 Å². The number of rotatable bonds is 2. The summed E-state index contributed by atoms with van der Waals surface area (Å²) in [6.45, 7) is 4.14. The second-order valence-corrected chi connectivity index (χ2v) is 4.81. The summed E-state index contributed by atoms with van der Waals surface area (Å²) in [5.41, 5.74) is 2.94. The van der Waals surface area contributed by atoms with Crippen LogP contribution in [-0.2, 0) is 9.59 Å². The Bertz CT molecular complexity index is 290. The van der Waals surface area contributed by atoms with Crippen LogP contribution in [0, 0.1) is 5.92 Å². The summed E-state index contributed by atoms with van der Waals surface area (Å²) < 4.78 is 0. The first-order chi connectivity index (χ1) is 8.15. The molecule has 0 spiro atoms. The van der Waals surface area contributed by atoms with Gasteiger partial charge in [-0.25, -0.2) is 5.01 Å². The van der Waals surface area contributed by atoms with Crippen LogP contribution in [0.4, 0.5) is 0 Å². The molecule has 0 aliphatic carbocycles. The highest BCUT2D eigenvalue weighted by Crippen LogP contribution is 2.11. The van der Waals surface area contributed by atoms with E-state index >= 15 is 0 Å². The van der Waals surface area contributed by atoms with E-state index < -0.39 is 0 Å². The molecule has 2 N–H and O–H groups in total. The quantitative estimate of drug-likeness (QED) is 0.636. The van der Waals surface area contributed by atoms with Crippen molar-refractivity contribution in [2.24, 2.45) is 5.92 Å². The average Bonchev–Trinajstić information content (AvgIpc) is 2.33. The molecule has 0 saturated carbocycles. The van der Waals surface area contributed by atoms with Crippen LogP contribution in [0.2, 0.25) is 0 Å². The summed E-state index contributed by atoms with van der Waals surface area (Å²) >= 11 is 0. The van der Waals surface area contributed by atoms with Crippen LogP contribution in [-0.4, -0.2) is 61.5 Å². The number of piperidine rings is 1. The molecule has 2 heterocycles. The Labute approximate surface area is 101 Å². The van der Waals surface area contributed by atoms with Gasteiger partial charge < -0.3 is 10.2 Å². The fraction of sp³-hybridized carbons (Fsp3) is 0.818. The minimum absolute atomic E-state index is 0.0366. The Morgan fingerprint density at radius 2 is 2.06 bits per heavy atom. The maximum absolute atomic E-state index is 11.9. The second kappa shape index (κ2) is 5.46. The standard InChI is InChI=1S/C11H20N4O2/c1-14-4-6-15(7-5-14)13-11(17)9-2-3-10(16)12-8-9/h9H,2-8H2,1H3,(H,12,16)(H,13,17). The lowest BCUT2D eigenvalue weighted by Gasteiger charge is -2.33. The number of hydrazine groups is 1. The van der Waals surface area contributed by atoms with E-state index in [-0.39, 0.29) is 17.7 Å². The molecule has 17 heavy (non-hydrogen) atoms. The van der Waals surface area contributed by atoms with Crippen LogP contribution in [0.5, 0.6) is 0 Å². The van der Waals surface area contributed by atoms with Gasteiger partial charge in [-0.3, -0.25) is 15.0 Å². The Kier molecular flexibility index (Phi) is 3.96. The molecule has 96 valence electrons. The molecule has 2 saturated heterocycles. The number of carbonyl (C=O) groups is 2. The van der Waals surface area contributed by atoms with E-state index in [1.807, 2.05) is 5.01 Å². The predicted molar refractivity (Wildman–Crippen MR) is 62.9 cm³/mol. The average molecular weight is 240 g/mol. The lowest BCUT2D eigenvalue weighted by molar-refractivity contribution is -0.133. The molecule has 1 unspecified atom stereocenters. The molecule has 0 aromatic rings. The van der Waals surface area contributed by atoms with Crippen molar-refractivity contribution < 1.29 is 9.59 Å². The maximum atomic E-state index is 11.9. The van der Waals surface area contributed by atoms with E-state index in [1.165, 1.54) is 0 Å². The van der Waals surface area contributed by atoms with Gasteiger partial charge in [0, 0.05) is 39.1 Å². The van der Waals surface area contributed by atoms with Crippen LogP contribution in [0.25, 0.3) is 0 Å². The van der Waals surface area contributed by atoms with Gasteiger partial charge in [-0.2, -0.15) is 0 Å². The van der Waals surface area contributed by atoms with Crippen molar-refractivity contribution in [3.8, 4) is 0 Å². The third-order valence-corrected chi connectivity index (χ3v) is 3.41. The monoisotopic (exact) mass is 240 g/mol. The summed E-state index contributed by atoms with van der Waals surface area (Å²) in [7, 11) is 2.08. The number of piperazine rings is 1. The van der Waals surface area contributed by atoms with Crippen molar-refractivity contribution in [3.63, 3.8) is 0 Å². The number of likely N-dealkylation sites (N-methyl/N-ethyl adjacent to an activating group) is 1. The predicted octanol–water partition coefficient (Wildman–Crippen LogP) is -1.21. The van der Waals surface area contributed by atoms with Gasteiger partial charge in [0.15, 0.2) is 0 Å². The van der Waals surface area contributed by atoms with E-state index in [0.29, 0.717) is 19.4 Å². The van der Waals surface area contributed by atoms with Gasteiger partial charge in [-0.05, 0) is 13.5 Å². The van der Waals surface area contributed by atoms with Gasteiger partial charge in [-0.15, -0.1) is 0 Å². The Morgan fingerprint density at radius 3 is 2.65 bits per heavy atom. The minimum atomic E-state index is -0.0765. The molecule has 2 aliphatic heterocycles. The third-order valence-electron chi connectivity index (χ3n) is 3.41. The molecule has 0 aromatic heterocycles. The SMILES string of the molecule is CN1CCN(NC(=O)C2CCC(=O)NC2)CC1. The number of amides is 2. The van der Waals surface area contributed by atoms with Crippen LogP contribution in [0.15, 0.2) is 0 Å². The normalized spacial score (nSPS) is 27.6. The van der Waals surface area contributed by atoms with E-state index in [4.69, 9.17) is 0 Å². The largest absolute Gasteiger partial charge is 0.355 e. The fourth-order valence-corrected chi connectivity index (χ4v) is 2.12. The Morgan fingerprint density at radius 1 is 1.35 bits per heavy atom. The maximum Gasteiger partial charge on any atom is 0.239 e. The second-order valence-electron chi connectivity index (χ2n) is 4.81. The Balaban J connectivity index is 1.75. The smallest absolute Gasteiger partial charge is 0.239 e. The van der Waals surface area contributed by atoms with Gasteiger partial charge >= 0.3 is 0 Å². The molecule has 0 radical (unpaired) electrons. The van der Waals surface area contributed by atoms with Crippen LogP contribution in [0.1, 0.15) is 12.8 Å². The summed E-state index contributed by atoms with van der Waals surface area (Å²) in [5.74, 6) is 0.00977. The zero-order valence-electron chi connectivity index (χ0n) is 10.2. The summed E-state index contributed by atoms with van der Waals surface area (Å²) in [6.07, 6.45) is 1.12. The van der Waals surface area contributed by atoms with Gasteiger partial charge in [0.2, 0.25) is 11.8 Å². The fourth-order valence-electron chi connectivity index (χ4n) is 2.12. The van der Waals surface area contributed by atoms with Gasteiger partial charge in [0.1, 0.15) is 0 Å². The number of nitrogens with one attached hydrogen (secondary N) is 2. The molecule has 2 aliphatic rings. The molecule has 2 rings (SSSR count). The summed E-state index contributed by atoms with van der Waals surface area (Å²) in [4.78, 5) is 25.2. The molecule has 6 heteroatoms. The Hall–Kier alpha value is -1.14. The van der Waals surface area contributed by atoms with Gasteiger partial charge in [0.25, 0.3) is 0 Å². The zero-order valence-corrected chi connectivity index (χ0v) is 10.2. The van der Waals surface area contributed by atoms with Crippen LogP contribution < -0.4 is 10.7 Å². The molecule has 0 aromatic carbocycles. The van der Waals surface area contributed by atoms with Crippen molar-refractivity contribution in [2.45, 2.75) is 12.8 Å². The topological polar surface area (TPSA) is 64.7 Å². The van der Waals surface area contributed by atoms with E-state index in [0.717, 1.165) is 26.2 Å². The molecule has 6 nitrogen and oxygen atoms in total. The molecule has 0 bridgehead atoms. The van der Waals surface area contributed by atoms with Crippen molar-refractivity contribution >= 4 is 11.8 Å². The lowest BCUT2D eigenvalue weighted by Crippen LogP contribution is -2.55. The first-order valence-electron chi connectivity index (χ1n) is 6.16. The first kappa shape index (κ1) is 12.3. The highest BCUT2D eigenvalue weighted by molar-refractivity contribution is 5.83.